The Morgan fingerprint density at radius 1 is 1.06 bits per heavy atom. The van der Waals surface area contributed by atoms with Crippen molar-refractivity contribution in [2.45, 2.75) is 38.5 Å². The van der Waals surface area contributed by atoms with Crippen LogP contribution in [0.2, 0.25) is 0 Å². The molecule has 0 amide bonds. The summed E-state index contributed by atoms with van der Waals surface area (Å²) < 4.78 is 5.85. The number of rotatable bonds is 6. The van der Waals surface area contributed by atoms with Gasteiger partial charge in [0, 0.05) is 41.2 Å². The van der Waals surface area contributed by atoms with Crippen molar-refractivity contribution >= 4 is 28.6 Å². The van der Waals surface area contributed by atoms with Gasteiger partial charge in [-0.2, -0.15) is 0 Å². The number of fused-ring (bicyclic) bond motifs is 1. The van der Waals surface area contributed by atoms with Gasteiger partial charge in [-0.1, -0.05) is 47.6 Å². The maximum Gasteiger partial charge on any atom is 0.356 e. The number of aromatic nitrogens is 3. The summed E-state index contributed by atoms with van der Waals surface area (Å²) in [5, 5.41) is 22.3. The molecule has 1 N–H and O–H groups in total. The van der Waals surface area contributed by atoms with Crippen LogP contribution in [0.4, 0.5) is 5.69 Å². The normalized spacial score (nSPS) is 16.8. The zero-order chi connectivity index (χ0) is 24.6. The Balaban J connectivity index is 1.17. The van der Waals surface area contributed by atoms with Crippen molar-refractivity contribution in [3.05, 3.63) is 77.2 Å². The number of aromatic carboxylic acids is 1. The monoisotopic (exact) mass is 480 g/mol. The van der Waals surface area contributed by atoms with Gasteiger partial charge in [0.2, 0.25) is 0 Å². The summed E-state index contributed by atoms with van der Waals surface area (Å²) in [5.74, 6) is 0.959. The van der Waals surface area contributed by atoms with E-state index in [2.05, 4.69) is 63.6 Å². The second-order valence-electron chi connectivity index (χ2n) is 9.86. The molecule has 4 aromatic rings. The van der Waals surface area contributed by atoms with Gasteiger partial charge in [0.1, 0.15) is 11.5 Å². The van der Waals surface area contributed by atoms with Crippen molar-refractivity contribution in [3.63, 3.8) is 0 Å². The van der Waals surface area contributed by atoms with Gasteiger partial charge in [-0.25, -0.2) is 4.79 Å². The molecule has 3 heterocycles. The standard InChI is InChI=1S/C29H28N4O3/c1-18-4-2-3-5-23(18)27-24(28(36-32-27)20-7-8-20)11-6-19-12-14-33(15-13-19)22-10-9-21-16-26(29(34)35)31-30-25(21)17-22/h2-6,9-11,16-17,19-20H,7-8,12-15H2,1H3,(H,34,35)/b11-6+. The highest BCUT2D eigenvalue weighted by Crippen LogP contribution is 2.45. The minimum atomic E-state index is -1.06. The molecule has 2 aliphatic rings. The summed E-state index contributed by atoms with van der Waals surface area (Å²) in [5.41, 5.74) is 6.21. The van der Waals surface area contributed by atoms with Crippen molar-refractivity contribution in [3.8, 4) is 11.3 Å². The van der Waals surface area contributed by atoms with E-state index in [0.717, 1.165) is 59.6 Å². The first-order valence-electron chi connectivity index (χ1n) is 12.6. The molecule has 0 bridgehead atoms. The number of nitrogens with zero attached hydrogens (tertiary/aromatic N) is 4. The largest absolute Gasteiger partial charge is 0.476 e. The van der Waals surface area contributed by atoms with Crippen molar-refractivity contribution in [1.29, 1.82) is 0 Å². The highest BCUT2D eigenvalue weighted by Gasteiger charge is 2.32. The lowest BCUT2D eigenvalue weighted by atomic mass is 9.93. The van der Waals surface area contributed by atoms with Crippen LogP contribution in [-0.2, 0) is 0 Å². The number of hydrogen-bond acceptors (Lipinski definition) is 6. The van der Waals surface area contributed by atoms with Crippen LogP contribution < -0.4 is 4.90 Å². The van der Waals surface area contributed by atoms with Crippen LogP contribution >= 0.6 is 0 Å². The molecule has 1 saturated heterocycles. The van der Waals surface area contributed by atoms with E-state index >= 15 is 0 Å². The Hall–Kier alpha value is -4.00. The van der Waals surface area contributed by atoms with E-state index in [-0.39, 0.29) is 5.69 Å². The third-order valence-electron chi connectivity index (χ3n) is 7.33. The second kappa shape index (κ2) is 9.22. The minimum absolute atomic E-state index is 0.0360. The Morgan fingerprint density at radius 2 is 1.86 bits per heavy atom. The van der Waals surface area contributed by atoms with Gasteiger partial charge in [-0.3, -0.25) is 0 Å². The van der Waals surface area contributed by atoms with E-state index in [4.69, 9.17) is 9.63 Å². The smallest absolute Gasteiger partial charge is 0.356 e. The number of benzene rings is 2. The van der Waals surface area contributed by atoms with Crippen molar-refractivity contribution in [1.82, 2.24) is 15.4 Å². The van der Waals surface area contributed by atoms with Gasteiger partial charge in [0.05, 0.1) is 5.52 Å². The highest BCUT2D eigenvalue weighted by molar-refractivity contribution is 5.91. The number of anilines is 1. The number of piperidine rings is 1. The highest BCUT2D eigenvalue weighted by atomic mass is 16.5. The number of carboxylic acid groups (broad SMARTS) is 1. The summed E-state index contributed by atoms with van der Waals surface area (Å²) in [7, 11) is 0. The van der Waals surface area contributed by atoms with Crippen LogP contribution in [0.3, 0.4) is 0 Å². The Kier molecular flexibility index (Phi) is 5.76. The van der Waals surface area contributed by atoms with E-state index in [9.17, 15) is 4.79 Å². The molecule has 7 heteroatoms. The summed E-state index contributed by atoms with van der Waals surface area (Å²) in [6.45, 7) is 4.02. The maximum atomic E-state index is 11.2. The van der Waals surface area contributed by atoms with Crippen molar-refractivity contribution < 1.29 is 14.4 Å². The Morgan fingerprint density at radius 3 is 2.61 bits per heavy atom. The maximum absolute atomic E-state index is 11.2. The number of hydrogen-bond donors (Lipinski definition) is 1. The molecule has 2 fully saturated rings. The molecule has 36 heavy (non-hydrogen) atoms. The first-order chi connectivity index (χ1) is 17.6. The number of carbonyl (C=O) groups is 1. The SMILES string of the molecule is Cc1ccccc1-c1noc(C2CC2)c1/C=C/C1CCN(c2ccc3cc(C(=O)O)nnc3c2)CC1. The Bertz CT molecular complexity index is 1460. The third kappa shape index (κ3) is 4.37. The lowest BCUT2D eigenvalue weighted by Gasteiger charge is -2.32. The average Bonchev–Trinajstić information content (AvgIpc) is 3.66. The van der Waals surface area contributed by atoms with Crippen LogP contribution in [0.25, 0.3) is 28.2 Å². The molecule has 1 saturated carbocycles. The van der Waals surface area contributed by atoms with Gasteiger partial charge in [0.15, 0.2) is 5.69 Å². The lowest BCUT2D eigenvalue weighted by Crippen LogP contribution is -2.33. The van der Waals surface area contributed by atoms with Crippen molar-refractivity contribution in [2.75, 3.05) is 18.0 Å². The third-order valence-corrected chi connectivity index (χ3v) is 7.33. The average molecular weight is 481 g/mol. The van der Waals surface area contributed by atoms with E-state index in [1.807, 2.05) is 18.2 Å². The molecule has 0 atom stereocenters. The van der Waals surface area contributed by atoms with Crippen molar-refractivity contribution in [2.24, 2.45) is 5.92 Å². The van der Waals surface area contributed by atoms with Crippen LogP contribution in [-0.4, -0.2) is 39.5 Å². The summed E-state index contributed by atoms with van der Waals surface area (Å²) in [6, 6.07) is 15.9. The topological polar surface area (TPSA) is 92.4 Å². The first kappa shape index (κ1) is 22.5. The zero-order valence-electron chi connectivity index (χ0n) is 20.2. The van der Waals surface area contributed by atoms with E-state index in [1.54, 1.807) is 6.07 Å². The molecule has 182 valence electrons. The van der Waals surface area contributed by atoms with E-state index in [1.165, 1.54) is 18.4 Å². The van der Waals surface area contributed by atoms with Gasteiger partial charge >= 0.3 is 5.97 Å². The quantitative estimate of drug-likeness (QED) is 0.356. The lowest BCUT2D eigenvalue weighted by molar-refractivity contribution is 0.0689. The van der Waals surface area contributed by atoms with E-state index < -0.39 is 5.97 Å². The summed E-state index contributed by atoms with van der Waals surface area (Å²) in [4.78, 5) is 13.5. The number of allylic oxidation sites excluding steroid dienone is 1. The van der Waals surface area contributed by atoms with E-state index in [0.29, 0.717) is 17.4 Å². The predicted molar refractivity (Wildman–Crippen MR) is 139 cm³/mol. The van der Waals surface area contributed by atoms with Gasteiger partial charge in [-0.15, -0.1) is 10.2 Å². The molecule has 2 aromatic carbocycles. The second-order valence-corrected chi connectivity index (χ2v) is 9.86. The zero-order valence-corrected chi connectivity index (χ0v) is 20.2. The number of carboxylic acids is 1. The minimum Gasteiger partial charge on any atom is -0.476 e. The molecule has 6 rings (SSSR count). The molecule has 1 aliphatic heterocycles. The molecular formula is C29H28N4O3. The summed E-state index contributed by atoms with van der Waals surface area (Å²) >= 11 is 0. The molecule has 0 spiro atoms. The van der Waals surface area contributed by atoms with Crippen LogP contribution in [0, 0.1) is 12.8 Å². The Labute approximate surface area is 209 Å². The molecule has 2 aromatic heterocycles. The number of aryl methyl sites for hydroxylation is 1. The summed E-state index contributed by atoms with van der Waals surface area (Å²) in [6.07, 6.45) is 9.06. The molecule has 1 aliphatic carbocycles. The van der Waals surface area contributed by atoms with Gasteiger partial charge in [0.25, 0.3) is 0 Å². The molecule has 7 nitrogen and oxygen atoms in total. The van der Waals surface area contributed by atoms with Crippen LogP contribution in [0.5, 0.6) is 0 Å². The predicted octanol–water partition coefficient (Wildman–Crippen LogP) is 6.10. The van der Waals surface area contributed by atoms with Crippen LogP contribution in [0.15, 0.2) is 59.1 Å². The fraction of sp³-hybridized carbons (Fsp3) is 0.310. The fourth-order valence-electron chi connectivity index (χ4n) is 5.05. The molecule has 0 radical (unpaired) electrons. The fourth-order valence-corrected chi connectivity index (χ4v) is 5.05. The molecular weight excluding hydrogens is 452 g/mol. The van der Waals surface area contributed by atoms with Gasteiger partial charge < -0.3 is 14.5 Å². The van der Waals surface area contributed by atoms with Gasteiger partial charge in [-0.05, 0) is 62.3 Å². The molecule has 0 unspecified atom stereocenters. The first-order valence-corrected chi connectivity index (χ1v) is 12.6. The van der Waals surface area contributed by atoms with Crippen LogP contribution in [0.1, 0.15) is 59.0 Å².